The Bertz CT molecular complexity index is 371. The molecule has 92 valence electrons. The highest BCUT2D eigenvalue weighted by atomic mass is 32.2. The highest BCUT2D eigenvalue weighted by Crippen LogP contribution is 2.27. The van der Waals surface area contributed by atoms with Gasteiger partial charge in [-0.15, -0.1) is 0 Å². The number of carbonyl (C=O) groups is 2. The monoisotopic (exact) mass is 249 g/mol. The molecule has 1 rings (SSSR count). The van der Waals surface area contributed by atoms with E-state index in [0.717, 1.165) is 12.8 Å². The smallest absolute Gasteiger partial charge is 0.304 e. The molecule has 1 aliphatic rings. The summed E-state index contributed by atoms with van der Waals surface area (Å²) in [5.74, 6) is -2.34. The van der Waals surface area contributed by atoms with Gasteiger partial charge in [0.05, 0.1) is 12.2 Å². The second-order valence-electron chi connectivity index (χ2n) is 3.98. The first kappa shape index (κ1) is 13.0. The molecule has 0 bridgehead atoms. The molecule has 1 aliphatic carbocycles. The summed E-state index contributed by atoms with van der Waals surface area (Å²) in [5.41, 5.74) is 0. The molecule has 0 heterocycles. The Hall–Kier alpha value is -1.11. The molecule has 1 fully saturated rings. The summed E-state index contributed by atoms with van der Waals surface area (Å²) in [7, 11) is -3.60. The summed E-state index contributed by atoms with van der Waals surface area (Å²) in [6.45, 7) is 0.521. The number of sulfone groups is 1. The van der Waals surface area contributed by atoms with E-state index in [-0.39, 0.29) is 0 Å². The predicted molar refractivity (Wildman–Crippen MR) is 56.6 cm³/mol. The maximum atomic E-state index is 11.3. The number of hydrogen-bond acceptors (Lipinski definition) is 4. The Labute approximate surface area is 93.9 Å². The summed E-state index contributed by atoms with van der Waals surface area (Å²) in [4.78, 5) is 21.4. The Kier molecular flexibility index (Phi) is 4.28. The van der Waals surface area contributed by atoms with Crippen LogP contribution < -0.4 is 5.32 Å². The largest absolute Gasteiger partial charge is 0.481 e. The van der Waals surface area contributed by atoms with E-state index in [4.69, 9.17) is 5.11 Å². The summed E-state index contributed by atoms with van der Waals surface area (Å²) < 4.78 is 22.6. The van der Waals surface area contributed by atoms with Gasteiger partial charge in [0.1, 0.15) is 5.75 Å². The minimum atomic E-state index is -3.60. The Morgan fingerprint density at radius 3 is 2.44 bits per heavy atom. The lowest BCUT2D eigenvalue weighted by molar-refractivity contribution is -0.136. The fourth-order valence-corrected chi connectivity index (χ4v) is 2.28. The zero-order valence-electron chi connectivity index (χ0n) is 8.81. The SMILES string of the molecule is O=C(O)CCS(=O)(=O)CC(=O)NCC1CC1. The third kappa shape index (κ3) is 5.69. The van der Waals surface area contributed by atoms with E-state index in [1.807, 2.05) is 0 Å². The van der Waals surface area contributed by atoms with Gasteiger partial charge in [-0.3, -0.25) is 9.59 Å². The minimum absolute atomic E-state index is 0.460. The first-order valence-corrected chi connectivity index (χ1v) is 6.90. The van der Waals surface area contributed by atoms with Gasteiger partial charge >= 0.3 is 5.97 Å². The van der Waals surface area contributed by atoms with Gasteiger partial charge in [0.15, 0.2) is 9.84 Å². The van der Waals surface area contributed by atoms with Crippen LogP contribution in [0.25, 0.3) is 0 Å². The molecular formula is C9H15NO5S. The van der Waals surface area contributed by atoms with Crippen LogP contribution >= 0.6 is 0 Å². The predicted octanol–water partition coefficient (Wildman–Crippen LogP) is -0.598. The highest BCUT2D eigenvalue weighted by molar-refractivity contribution is 7.92. The third-order valence-corrected chi connectivity index (χ3v) is 3.79. The van der Waals surface area contributed by atoms with E-state index in [9.17, 15) is 18.0 Å². The van der Waals surface area contributed by atoms with Gasteiger partial charge in [-0.25, -0.2) is 8.42 Å². The standard InChI is InChI=1S/C9H15NO5S/c11-8(10-5-7-1-2-7)6-16(14,15)4-3-9(12)13/h7H,1-6H2,(H,10,11)(H,12,13). The van der Waals surface area contributed by atoms with Crippen LogP contribution in [0.4, 0.5) is 0 Å². The molecule has 0 aromatic carbocycles. The molecule has 7 heteroatoms. The molecule has 0 aromatic rings. The van der Waals surface area contributed by atoms with Crippen molar-refractivity contribution in [2.75, 3.05) is 18.1 Å². The van der Waals surface area contributed by atoms with E-state index in [0.29, 0.717) is 12.5 Å². The third-order valence-electron chi connectivity index (χ3n) is 2.26. The molecule has 0 unspecified atom stereocenters. The number of aliphatic carboxylic acids is 1. The van der Waals surface area contributed by atoms with Crippen LogP contribution in [0.15, 0.2) is 0 Å². The molecule has 6 nitrogen and oxygen atoms in total. The quantitative estimate of drug-likeness (QED) is 0.627. The summed E-state index contributed by atoms with van der Waals surface area (Å²) >= 11 is 0. The maximum Gasteiger partial charge on any atom is 0.304 e. The van der Waals surface area contributed by atoms with Crippen molar-refractivity contribution in [2.24, 2.45) is 5.92 Å². The average Bonchev–Trinajstić information content (AvgIpc) is 2.94. The van der Waals surface area contributed by atoms with E-state index in [1.165, 1.54) is 0 Å². The van der Waals surface area contributed by atoms with Gasteiger partial charge < -0.3 is 10.4 Å². The zero-order chi connectivity index (χ0) is 12.2. The fraction of sp³-hybridized carbons (Fsp3) is 0.778. The first-order chi connectivity index (χ1) is 7.39. The van der Waals surface area contributed by atoms with Crippen molar-refractivity contribution in [3.8, 4) is 0 Å². The first-order valence-electron chi connectivity index (χ1n) is 5.08. The molecule has 0 saturated heterocycles. The lowest BCUT2D eigenvalue weighted by Gasteiger charge is -2.04. The van der Waals surface area contributed by atoms with Crippen LogP contribution in [-0.4, -0.2) is 43.5 Å². The number of hydrogen-bond donors (Lipinski definition) is 2. The number of nitrogens with one attached hydrogen (secondary N) is 1. The second-order valence-corrected chi connectivity index (χ2v) is 6.17. The molecule has 0 spiro atoms. The molecule has 0 aliphatic heterocycles. The van der Waals surface area contributed by atoms with Crippen LogP contribution in [0.1, 0.15) is 19.3 Å². The number of carboxylic acids is 1. The average molecular weight is 249 g/mol. The van der Waals surface area contributed by atoms with Gasteiger partial charge in [-0.1, -0.05) is 0 Å². The summed E-state index contributed by atoms with van der Waals surface area (Å²) in [5, 5.41) is 10.9. The molecule has 0 atom stereocenters. The van der Waals surface area contributed by atoms with Crippen LogP contribution in [0.5, 0.6) is 0 Å². The van der Waals surface area contributed by atoms with Gasteiger partial charge in [0.25, 0.3) is 0 Å². The van der Waals surface area contributed by atoms with Gasteiger partial charge in [0, 0.05) is 6.54 Å². The normalized spacial score (nSPS) is 15.8. The van der Waals surface area contributed by atoms with Crippen LogP contribution in [-0.2, 0) is 19.4 Å². The maximum absolute atomic E-state index is 11.3. The molecule has 1 saturated carbocycles. The van der Waals surface area contributed by atoms with Crippen molar-refractivity contribution in [3.63, 3.8) is 0 Å². The number of carbonyl (C=O) groups excluding carboxylic acids is 1. The van der Waals surface area contributed by atoms with Crippen molar-refractivity contribution < 1.29 is 23.1 Å². The molecule has 1 amide bonds. The van der Waals surface area contributed by atoms with Crippen LogP contribution in [0.3, 0.4) is 0 Å². The highest BCUT2D eigenvalue weighted by Gasteiger charge is 2.23. The molecule has 0 aromatic heterocycles. The Morgan fingerprint density at radius 1 is 1.31 bits per heavy atom. The van der Waals surface area contributed by atoms with Crippen molar-refractivity contribution in [2.45, 2.75) is 19.3 Å². The summed E-state index contributed by atoms with van der Waals surface area (Å²) in [6, 6.07) is 0. The number of rotatable bonds is 7. The van der Waals surface area contributed by atoms with Crippen molar-refractivity contribution in [1.82, 2.24) is 5.32 Å². The lowest BCUT2D eigenvalue weighted by Crippen LogP contribution is -2.32. The van der Waals surface area contributed by atoms with Gasteiger partial charge in [0.2, 0.25) is 5.91 Å². The second kappa shape index (κ2) is 5.29. The van der Waals surface area contributed by atoms with E-state index >= 15 is 0 Å². The molecular weight excluding hydrogens is 234 g/mol. The topological polar surface area (TPSA) is 101 Å². The molecule has 16 heavy (non-hydrogen) atoms. The number of carboxylic acid groups (broad SMARTS) is 1. The van der Waals surface area contributed by atoms with Crippen LogP contribution in [0, 0.1) is 5.92 Å². The zero-order valence-corrected chi connectivity index (χ0v) is 9.62. The van der Waals surface area contributed by atoms with Crippen LogP contribution in [0.2, 0.25) is 0 Å². The molecule has 2 N–H and O–H groups in total. The van der Waals surface area contributed by atoms with Crippen molar-refractivity contribution >= 4 is 21.7 Å². The van der Waals surface area contributed by atoms with E-state index < -0.39 is 39.6 Å². The van der Waals surface area contributed by atoms with E-state index in [1.54, 1.807) is 0 Å². The van der Waals surface area contributed by atoms with Gasteiger partial charge in [-0.05, 0) is 18.8 Å². The summed E-state index contributed by atoms with van der Waals surface area (Å²) in [6.07, 6.45) is 1.69. The van der Waals surface area contributed by atoms with E-state index in [2.05, 4.69) is 5.32 Å². The lowest BCUT2D eigenvalue weighted by atomic mass is 10.4. The van der Waals surface area contributed by atoms with Crippen molar-refractivity contribution in [1.29, 1.82) is 0 Å². The number of amides is 1. The molecule has 0 radical (unpaired) electrons. The van der Waals surface area contributed by atoms with Crippen molar-refractivity contribution in [3.05, 3.63) is 0 Å². The Balaban J connectivity index is 2.26. The minimum Gasteiger partial charge on any atom is -0.481 e. The Morgan fingerprint density at radius 2 is 1.94 bits per heavy atom. The van der Waals surface area contributed by atoms with Gasteiger partial charge in [-0.2, -0.15) is 0 Å². The fourth-order valence-electron chi connectivity index (χ4n) is 1.15.